The maximum absolute atomic E-state index is 12.1. The fraction of sp³-hybridized carbons (Fsp3) is 0.571. The van der Waals surface area contributed by atoms with Crippen LogP contribution in [0.3, 0.4) is 0 Å². The number of hydrogen-bond donors (Lipinski definition) is 1. The Labute approximate surface area is 113 Å². The van der Waals surface area contributed by atoms with Gasteiger partial charge >= 0.3 is 0 Å². The minimum absolute atomic E-state index is 0.112. The molecule has 1 aliphatic carbocycles. The van der Waals surface area contributed by atoms with Crippen molar-refractivity contribution in [3.63, 3.8) is 0 Å². The first-order chi connectivity index (χ1) is 8.56. The summed E-state index contributed by atoms with van der Waals surface area (Å²) < 4.78 is 0. The van der Waals surface area contributed by atoms with Crippen molar-refractivity contribution < 1.29 is 4.79 Å². The second-order valence-corrected chi connectivity index (χ2v) is 5.79. The van der Waals surface area contributed by atoms with Crippen molar-refractivity contribution in [2.24, 2.45) is 11.8 Å². The van der Waals surface area contributed by atoms with Gasteiger partial charge < -0.3 is 5.32 Å². The van der Waals surface area contributed by atoms with E-state index in [1.165, 1.54) is 6.42 Å². The van der Waals surface area contributed by atoms with Gasteiger partial charge in [0, 0.05) is 12.2 Å². The molecule has 1 N–H and O–H groups in total. The summed E-state index contributed by atoms with van der Waals surface area (Å²) >= 11 is 5.92. The van der Waals surface area contributed by atoms with Gasteiger partial charge in [-0.1, -0.05) is 25.4 Å². The summed E-state index contributed by atoms with van der Waals surface area (Å²) in [5.74, 6) is 1.23. The summed E-state index contributed by atoms with van der Waals surface area (Å²) in [6.45, 7) is 4.48. The molecule has 0 saturated heterocycles. The van der Waals surface area contributed by atoms with E-state index in [0.717, 1.165) is 12.8 Å². The zero-order valence-corrected chi connectivity index (χ0v) is 11.6. The lowest BCUT2D eigenvalue weighted by Gasteiger charge is -2.32. The molecule has 1 heterocycles. The van der Waals surface area contributed by atoms with Crippen molar-refractivity contribution in [3.8, 4) is 0 Å². The molecule has 2 unspecified atom stereocenters. The molecule has 0 spiro atoms. The van der Waals surface area contributed by atoms with Crippen LogP contribution in [0.1, 0.15) is 43.5 Å². The first-order valence-corrected chi connectivity index (χ1v) is 6.85. The van der Waals surface area contributed by atoms with Gasteiger partial charge in [-0.05, 0) is 43.2 Å². The van der Waals surface area contributed by atoms with E-state index in [4.69, 9.17) is 11.6 Å². The SMILES string of the molecule is CC1CC(C)CC(NC(=O)c2cccnc2Cl)C1. The molecule has 1 amide bonds. The van der Waals surface area contributed by atoms with Crippen molar-refractivity contribution in [1.29, 1.82) is 0 Å². The number of nitrogens with zero attached hydrogens (tertiary/aromatic N) is 1. The fourth-order valence-electron chi connectivity index (χ4n) is 2.88. The summed E-state index contributed by atoms with van der Waals surface area (Å²) in [5.41, 5.74) is 0.463. The number of carbonyl (C=O) groups is 1. The zero-order chi connectivity index (χ0) is 13.1. The van der Waals surface area contributed by atoms with Gasteiger partial charge in [0.25, 0.3) is 5.91 Å². The smallest absolute Gasteiger partial charge is 0.254 e. The van der Waals surface area contributed by atoms with Crippen LogP contribution in [0.25, 0.3) is 0 Å². The highest BCUT2D eigenvalue weighted by Crippen LogP contribution is 2.28. The van der Waals surface area contributed by atoms with Crippen LogP contribution in [-0.4, -0.2) is 16.9 Å². The molecule has 4 heteroatoms. The monoisotopic (exact) mass is 266 g/mol. The van der Waals surface area contributed by atoms with E-state index >= 15 is 0 Å². The average molecular weight is 267 g/mol. The lowest BCUT2D eigenvalue weighted by atomic mass is 9.80. The maximum atomic E-state index is 12.1. The van der Waals surface area contributed by atoms with E-state index in [-0.39, 0.29) is 17.1 Å². The Morgan fingerprint density at radius 3 is 2.61 bits per heavy atom. The highest BCUT2D eigenvalue weighted by atomic mass is 35.5. The van der Waals surface area contributed by atoms with Crippen LogP contribution < -0.4 is 5.32 Å². The Hall–Kier alpha value is -1.09. The van der Waals surface area contributed by atoms with Crippen LogP contribution in [0, 0.1) is 11.8 Å². The third-order valence-electron chi connectivity index (χ3n) is 3.52. The molecule has 2 rings (SSSR count). The zero-order valence-electron chi connectivity index (χ0n) is 10.8. The van der Waals surface area contributed by atoms with Crippen LogP contribution in [0.4, 0.5) is 0 Å². The van der Waals surface area contributed by atoms with Crippen molar-refractivity contribution in [2.45, 2.75) is 39.2 Å². The molecular formula is C14H19ClN2O. The first kappa shape index (κ1) is 13.3. The first-order valence-electron chi connectivity index (χ1n) is 6.47. The third kappa shape index (κ3) is 3.22. The molecule has 1 aromatic heterocycles. The Morgan fingerprint density at radius 1 is 1.33 bits per heavy atom. The summed E-state index contributed by atoms with van der Waals surface area (Å²) in [6, 6.07) is 3.69. The minimum atomic E-state index is -0.112. The molecule has 2 atom stereocenters. The molecule has 0 aliphatic heterocycles. The van der Waals surface area contributed by atoms with Crippen LogP contribution >= 0.6 is 11.6 Å². The molecule has 1 saturated carbocycles. The number of hydrogen-bond acceptors (Lipinski definition) is 2. The van der Waals surface area contributed by atoms with Gasteiger partial charge in [0.2, 0.25) is 0 Å². The Morgan fingerprint density at radius 2 is 2.00 bits per heavy atom. The number of amides is 1. The largest absolute Gasteiger partial charge is 0.349 e. The van der Waals surface area contributed by atoms with E-state index < -0.39 is 0 Å². The van der Waals surface area contributed by atoms with Gasteiger partial charge in [-0.25, -0.2) is 4.98 Å². The second-order valence-electron chi connectivity index (χ2n) is 5.43. The lowest BCUT2D eigenvalue weighted by Crippen LogP contribution is -2.40. The quantitative estimate of drug-likeness (QED) is 0.835. The van der Waals surface area contributed by atoms with Crippen molar-refractivity contribution in [3.05, 3.63) is 29.0 Å². The van der Waals surface area contributed by atoms with Gasteiger partial charge in [-0.3, -0.25) is 4.79 Å². The van der Waals surface area contributed by atoms with Crippen LogP contribution in [0.5, 0.6) is 0 Å². The van der Waals surface area contributed by atoms with Crippen LogP contribution in [-0.2, 0) is 0 Å². The van der Waals surface area contributed by atoms with Gasteiger partial charge in [0.1, 0.15) is 5.15 Å². The second kappa shape index (κ2) is 5.70. The van der Waals surface area contributed by atoms with E-state index in [9.17, 15) is 4.79 Å². The van der Waals surface area contributed by atoms with E-state index in [1.54, 1.807) is 18.3 Å². The van der Waals surface area contributed by atoms with Gasteiger partial charge in [0.15, 0.2) is 0 Å². The van der Waals surface area contributed by atoms with E-state index in [2.05, 4.69) is 24.1 Å². The molecule has 1 aliphatic rings. The molecule has 98 valence electrons. The number of halogens is 1. The predicted octanol–water partition coefficient (Wildman–Crippen LogP) is 3.29. The molecule has 18 heavy (non-hydrogen) atoms. The summed E-state index contributed by atoms with van der Waals surface area (Å²) in [5, 5.41) is 3.34. The standard InChI is InChI=1S/C14H19ClN2O/c1-9-6-10(2)8-11(7-9)17-14(18)12-4-3-5-16-13(12)15/h3-5,9-11H,6-8H2,1-2H3,(H,17,18). The van der Waals surface area contributed by atoms with Crippen molar-refractivity contribution in [1.82, 2.24) is 10.3 Å². The number of nitrogens with one attached hydrogen (secondary N) is 1. The molecule has 0 radical (unpaired) electrons. The minimum Gasteiger partial charge on any atom is -0.349 e. The predicted molar refractivity (Wildman–Crippen MR) is 72.7 cm³/mol. The molecular weight excluding hydrogens is 248 g/mol. The van der Waals surface area contributed by atoms with Gasteiger partial charge in [0.05, 0.1) is 5.56 Å². The van der Waals surface area contributed by atoms with Gasteiger partial charge in [-0.15, -0.1) is 0 Å². The topological polar surface area (TPSA) is 42.0 Å². The summed E-state index contributed by atoms with van der Waals surface area (Å²) in [4.78, 5) is 16.0. The average Bonchev–Trinajstić information content (AvgIpc) is 2.27. The summed E-state index contributed by atoms with van der Waals surface area (Å²) in [6.07, 6.45) is 4.94. The van der Waals surface area contributed by atoms with E-state index in [0.29, 0.717) is 17.4 Å². The highest BCUT2D eigenvalue weighted by Gasteiger charge is 2.25. The number of rotatable bonds is 2. The number of pyridine rings is 1. The van der Waals surface area contributed by atoms with Gasteiger partial charge in [-0.2, -0.15) is 0 Å². The third-order valence-corrected chi connectivity index (χ3v) is 3.82. The summed E-state index contributed by atoms with van der Waals surface area (Å²) in [7, 11) is 0. The Kier molecular flexibility index (Phi) is 4.23. The number of carbonyl (C=O) groups excluding carboxylic acids is 1. The Bertz CT molecular complexity index is 426. The highest BCUT2D eigenvalue weighted by molar-refractivity contribution is 6.32. The van der Waals surface area contributed by atoms with Crippen molar-refractivity contribution >= 4 is 17.5 Å². The molecule has 1 aromatic rings. The van der Waals surface area contributed by atoms with Crippen LogP contribution in [0.2, 0.25) is 5.15 Å². The Balaban J connectivity index is 2.01. The fourth-order valence-corrected chi connectivity index (χ4v) is 3.09. The normalized spacial score (nSPS) is 27.8. The molecule has 1 fully saturated rings. The van der Waals surface area contributed by atoms with Crippen molar-refractivity contribution in [2.75, 3.05) is 0 Å². The molecule has 3 nitrogen and oxygen atoms in total. The van der Waals surface area contributed by atoms with Crippen LogP contribution in [0.15, 0.2) is 18.3 Å². The maximum Gasteiger partial charge on any atom is 0.254 e. The van der Waals surface area contributed by atoms with E-state index in [1.807, 2.05) is 0 Å². The molecule has 0 bridgehead atoms. The lowest BCUT2D eigenvalue weighted by molar-refractivity contribution is 0.0911. The molecule has 0 aromatic carbocycles. The number of aromatic nitrogens is 1.